The van der Waals surface area contributed by atoms with Gasteiger partial charge in [0.05, 0.1) is 20.0 Å². The van der Waals surface area contributed by atoms with Gasteiger partial charge in [0.2, 0.25) is 10.0 Å². The van der Waals surface area contributed by atoms with Gasteiger partial charge >= 0.3 is 0 Å². The van der Waals surface area contributed by atoms with Gasteiger partial charge in [-0.05, 0) is 48.2 Å². The third kappa shape index (κ3) is 4.89. The molecular formula is C21H26N2O5S. The lowest BCUT2D eigenvalue weighted by atomic mass is 10.0. The molecule has 0 saturated carbocycles. The maximum Gasteiger partial charge on any atom is 0.255 e. The summed E-state index contributed by atoms with van der Waals surface area (Å²) in [4.78, 5) is 12.7. The number of rotatable bonds is 7. The van der Waals surface area contributed by atoms with Crippen LogP contribution in [-0.4, -0.2) is 45.1 Å². The van der Waals surface area contributed by atoms with Crippen LogP contribution < -0.4 is 14.8 Å². The van der Waals surface area contributed by atoms with Gasteiger partial charge < -0.3 is 14.8 Å². The second-order valence-corrected chi connectivity index (χ2v) is 9.03. The first kappa shape index (κ1) is 21.1. The van der Waals surface area contributed by atoms with E-state index < -0.39 is 10.0 Å². The van der Waals surface area contributed by atoms with Crippen molar-refractivity contribution in [3.8, 4) is 11.5 Å². The fourth-order valence-electron chi connectivity index (χ4n) is 3.38. The summed E-state index contributed by atoms with van der Waals surface area (Å²) in [7, 11) is -0.200. The minimum absolute atomic E-state index is 0.149. The summed E-state index contributed by atoms with van der Waals surface area (Å²) in [6.07, 6.45) is 1.26. The summed E-state index contributed by atoms with van der Waals surface area (Å²) in [6.45, 7) is 2.68. The fraction of sp³-hybridized carbons (Fsp3) is 0.381. The van der Waals surface area contributed by atoms with Gasteiger partial charge in [0.15, 0.2) is 0 Å². The highest BCUT2D eigenvalue weighted by Gasteiger charge is 2.26. The number of hydrogen-bond acceptors (Lipinski definition) is 5. The molecule has 2 aromatic rings. The summed E-state index contributed by atoms with van der Waals surface area (Å²) in [5.74, 6) is 0.901. The van der Waals surface area contributed by atoms with E-state index in [1.807, 2.05) is 25.1 Å². The van der Waals surface area contributed by atoms with Gasteiger partial charge in [0, 0.05) is 30.4 Å². The van der Waals surface area contributed by atoms with Crippen molar-refractivity contribution < 1.29 is 22.7 Å². The average Bonchev–Trinajstić information content (AvgIpc) is 2.72. The minimum atomic E-state index is -3.25. The largest absolute Gasteiger partial charge is 0.497 e. The summed E-state index contributed by atoms with van der Waals surface area (Å²) in [6, 6.07) is 10.6. The van der Waals surface area contributed by atoms with E-state index in [1.54, 1.807) is 18.2 Å². The molecular weight excluding hydrogens is 392 g/mol. The molecule has 8 heteroatoms. The van der Waals surface area contributed by atoms with Gasteiger partial charge in [0.25, 0.3) is 5.91 Å². The van der Waals surface area contributed by atoms with E-state index in [4.69, 9.17) is 9.47 Å². The van der Waals surface area contributed by atoms with Crippen molar-refractivity contribution in [3.63, 3.8) is 0 Å². The number of ether oxygens (including phenoxy) is 2. The highest BCUT2D eigenvalue weighted by atomic mass is 32.2. The van der Waals surface area contributed by atoms with E-state index in [2.05, 4.69) is 5.32 Å². The summed E-state index contributed by atoms with van der Waals surface area (Å²) in [5, 5.41) is 2.87. The number of methoxy groups -OCH3 is 2. The molecule has 7 nitrogen and oxygen atoms in total. The first-order valence-corrected chi connectivity index (χ1v) is 11.1. The maximum absolute atomic E-state index is 12.7. The van der Waals surface area contributed by atoms with Crippen molar-refractivity contribution in [1.82, 2.24) is 4.31 Å². The molecule has 1 N–H and O–H groups in total. The lowest BCUT2D eigenvalue weighted by Gasteiger charge is -2.28. The van der Waals surface area contributed by atoms with Crippen LogP contribution in [0, 0.1) is 0 Å². The number of carbonyl (C=O) groups is 1. The number of anilines is 1. The molecule has 0 aliphatic carbocycles. The molecule has 3 rings (SSSR count). The number of fused-ring (bicyclic) bond motifs is 1. The van der Waals surface area contributed by atoms with E-state index in [1.165, 1.54) is 18.5 Å². The first-order chi connectivity index (χ1) is 13.9. The highest BCUT2D eigenvalue weighted by molar-refractivity contribution is 7.89. The lowest BCUT2D eigenvalue weighted by molar-refractivity contribution is 0.102. The Morgan fingerprint density at radius 2 is 1.76 bits per heavy atom. The second-order valence-electron chi connectivity index (χ2n) is 6.94. The molecule has 0 radical (unpaired) electrons. The molecule has 156 valence electrons. The van der Waals surface area contributed by atoms with Crippen LogP contribution in [0.1, 0.15) is 34.8 Å². The third-order valence-corrected chi connectivity index (χ3v) is 6.93. The van der Waals surface area contributed by atoms with Crippen LogP contribution in [0.25, 0.3) is 0 Å². The van der Waals surface area contributed by atoms with E-state index in [0.29, 0.717) is 48.7 Å². The summed E-state index contributed by atoms with van der Waals surface area (Å²) < 4.78 is 36.7. The van der Waals surface area contributed by atoms with Crippen molar-refractivity contribution in [2.24, 2.45) is 0 Å². The van der Waals surface area contributed by atoms with Crippen molar-refractivity contribution >= 4 is 21.6 Å². The molecule has 0 spiro atoms. The van der Waals surface area contributed by atoms with E-state index >= 15 is 0 Å². The van der Waals surface area contributed by atoms with Crippen molar-refractivity contribution in [1.29, 1.82) is 0 Å². The number of nitrogens with zero attached hydrogens (tertiary/aromatic N) is 1. The fourth-order valence-corrected chi connectivity index (χ4v) is 4.85. The van der Waals surface area contributed by atoms with Gasteiger partial charge in [-0.15, -0.1) is 0 Å². The zero-order valence-electron chi connectivity index (χ0n) is 16.9. The molecule has 2 aromatic carbocycles. The van der Waals surface area contributed by atoms with Crippen LogP contribution in [0.15, 0.2) is 36.4 Å². The summed E-state index contributed by atoms with van der Waals surface area (Å²) >= 11 is 0. The zero-order chi connectivity index (χ0) is 21.0. The first-order valence-electron chi connectivity index (χ1n) is 9.50. The van der Waals surface area contributed by atoms with Crippen LogP contribution in [0.3, 0.4) is 0 Å². The number of carbonyl (C=O) groups excluding carboxylic acids is 1. The SMILES string of the molecule is CCCS(=O)(=O)N1CCc2ccc(NC(=O)c3cc(OC)cc(OC)c3)cc2C1. The summed E-state index contributed by atoms with van der Waals surface area (Å²) in [5.41, 5.74) is 3.04. The Bertz CT molecular complexity index is 982. The minimum Gasteiger partial charge on any atom is -0.497 e. The number of hydrogen-bond donors (Lipinski definition) is 1. The standard InChI is InChI=1S/C21H26N2O5S/c1-4-9-29(25,26)23-8-7-15-5-6-18(10-17(15)14-23)22-21(24)16-11-19(27-2)13-20(12-16)28-3/h5-6,10-13H,4,7-9,14H2,1-3H3,(H,22,24). The van der Waals surface area contributed by atoms with E-state index in [0.717, 1.165) is 11.1 Å². The Kier molecular flexibility index (Phi) is 6.44. The normalized spacial score (nSPS) is 14.2. The van der Waals surface area contributed by atoms with Crippen molar-refractivity contribution in [2.45, 2.75) is 26.3 Å². The van der Waals surface area contributed by atoms with Crippen LogP contribution in [0.2, 0.25) is 0 Å². The van der Waals surface area contributed by atoms with Gasteiger partial charge in [-0.25, -0.2) is 8.42 Å². The second kappa shape index (κ2) is 8.84. The number of benzene rings is 2. The van der Waals surface area contributed by atoms with E-state index in [9.17, 15) is 13.2 Å². The highest BCUT2D eigenvalue weighted by Crippen LogP contribution is 2.26. The number of nitrogens with one attached hydrogen (secondary N) is 1. The molecule has 0 fully saturated rings. The molecule has 0 saturated heterocycles. The smallest absolute Gasteiger partial charge is 0.255 e. The topological polar surface area (TPSA) is 84.9 Å². The number of amides is 1. The molecule has 1 amide bonds. The molecule has 0 unspecified atom stereocenters. The van der Waals surface area contributed by atoms with Crippen LogP contribution in [0.5, 0.6) is 11.5 Å². The van der Waals surface area contributed by atoms with Gasteiger partial charge in [-0.3, -0.25) is 4.79 Å². The predicted octanol–water partition coefficient (Wildman–Crippen LogP) is 3.05. The Morgan fingerprint density at radius 3 is 2.38 bits per heavy atom. The van der Waals surface area contributed by atoms with Crippen LogP contribution in [0.4, 0.5) is 5.69 Å². The molecule has 1 heterocycles. The third-order valence-electron chi connectivity index (χ3n) is 4.91. The van der Waals surface area contributed by atoms with Gasteiger partial charge in [0.1, 0.15) is 11.5 Å². The Balaban J connectivity index is 1.79. The molecule has 0 atom stereocenters. The zero-order valence-corrected chi connectivity index (χ0v) is 17.7. The lowest BCUT2D eigenvalue weighted by Crippen LogP contribution is -2.37. The van der Waals surface area contributed by atoms with Gasteiger partial charge in [-0.1, -0.05) is 13.0 Å². The molecule has 0 bridgehead atoms. The molecule has 1 aliphatic heterocycles. The average molecular weight is 419 g/mol. The predicted molar refractivity (Wildman–Crippen MR) is 112 cm³/mol. The van der Waals surface area contributed by atoms with Gasteiger partial charge in [-0.2, -0.15) is 4.31 Å². The van der Waals surface area contributed by atoms with Crippen LogP contribution in [-0.2, 0) is 23.0 Å². The Labute approximate surface area is 171 Å². The molecule has 1 aliphatic rings. The van der Waals surface area contributed by atoms with Crippen LogP contribution >= 0.6 is 0 Å². The Hall–Kier alpha value is -2.58. The van der Waals surface area contributed by atoms with E-state index in [-0.39, 0.29) is 11.7 Å². The number of sulfonamides is 1. The monoisotopic (exact) mass is 418 g/mol. The molecule has 0 aromatic heterocycles. The Morgan fingerprint density at radius 1 is 1.07 bits per heavy atom. The quantitative estimate of drug-likeness (QED) is 0.747. The van der Waals surface area contributed by atoms with Crippen molar-refractivity contribution in [2.75, 3.05) is 31.8 Å². The molecule has 29 heavy (non-hydrogen) atoms. The van der Waals surface area contributed by atoms with Crippen molar-refractivity contribution in [3.05, 3.63) is 53.1 Å². The maximum atomic E-state index is 12.7.